The number of ketones is 2. The largest absolute Gasteiger partial charge is 0.508 e. The molecule has 0 aliphatic heterocycles. The number of primary amides is 1. The second kappa shape index (κ2) is 9.38. The average molecular weight is 544 g/mol. The van der Waals surface area contributed by atoms with Gasteiger partial charge in [-0.25, -0.2) is 0 Å². The van der Waals surface area contributed by atoms with Gasteiger partial charge >= 0.3 is 0 Å². The summed E-state index contributed by atoms with van der Waals surface area (Å²) < 4.78 is 4.99. The lowest BCUT2D eigenvalue weighted by Crippen LogP contribution is -2.63. The summed E-state index contributed by atoms with van der Waals surface area (Å²) in [5.74, 6) is -8.90. The van der Waals surface area contributed by atoms with Gasteiger partial charge in [0.15, 0.2) is 11.4 Å². The van der Waals surface area contributed by atoms with Crippen molar-refractivity contribution < 1.29 is 44.7 Å². The summed E-state index contributed by atoms with van der Waals surface area (Å²) in [5.41, 5.74) is 6.38. The summed E-state index contributed by atoms with van der Waals surface area (Å²) in [6, 6.07) is 2.97. The topological polar surface area (TPSA) is 237 Å². The zero-order valence-electron chi connectivity index (χ0n) is 21.8. The number of nitrogens with two attached hydrogens (primary N) is 2. The van der Waals surface area contributed by atoms with Gasteiger partial charge in [0, 0.05) is 29.4 Å². The Bertz CT molecular complexity index is 1360. The molecule has 1 aromatic carbocycles. The van der Waals surface area contributed by atoms with Crippen molar-refractivity contribution in [3.05, 3.63) is 45.7 Å². The first-order chi connectivity index (χ1) is 18.1. The summed E-state index contributed by atoms with van der Waals surface area (Å²) in [4.78, 5) is 38.1. The highest BCUT2D eigenvalue weighted by molar-refractivity contribution is 6.23. The lowest BCUT2D eigenvalue weighted by atomic mass is 9.55. The molecule has 12 nitrogen and oxygen atoms in total. The Morgan fingerprint density at radius 1 is 1.21 bits per heavy atom. The molecule has 1 fully saturated rings. The number of amides is 1. The predicted octanol–water partition coefficient (Wildman–Crippen LogP) is 0.924. The molecule has 0 aromatic heterocycles. The van der Waals surface area contributed by atoms with Crippen LogP contribution in [0.4, 0.5) is 0 Å². The summed E-state index contributed by atoms with van der Waals surface area (Å²) in [6.07, 6.45) is -1.20. The molecule has 10 N–H and O–H groups in total. The number of rotatable bonds is 6. The third-order valence-electron chi connectivity index (χ3n) is 8.43. The normalized spacial score (nSPS) is 28.5. The van der Waals surface area contributed by atoms with E-state index in [2.05, 4.69) is 0 Å². The van der Waals surface area contributed by atoms with Crippen molar-refractivity contribution in [3.63, 3.8) is 0 Å². The molecule has 3 aliphatic rings. The van der Waals surface area contributed by atoms with Gasteiger partial charge in [0.1, 0.15) is 22.8 Å². The Labute approximate surface area is 224 Å². The Hall–Kier alpha value is -3.90. The predicted molar refractivity (Wildman–Crippen MR) is 138 cm³/mol. The van der Waals surface area contributed by atoms with Gasteiger partial charge in [-0.3, -0.25) is 19.8 Å². The number of hydrogen-bond acceptors (Lipinski definition) is 10. The molecular formula is C27H33N3O9. The van der Waals surface area contributed by atoms with E-state index in [1.54, 1.807) is 19.1 Å². The Morgan fingerprint density at radius 3 is 2.44 bits per heavy atom. The number of nitrogens with one attached hydrogen (secondary N) is 1. The zero-order valence-corrected chi connectivity index (χ0v) is 21.8. The molecule has 0 heterocycles. The Balaban J connectivity index is 1.85. The van der Waals surface area contributed by atoms with Gasteiger partial charge in [0.05, 0.1) is 18.3 Å². The first-order valence-electron chi connectivity index (χ1n) is 12.6. The van der Waals surface area contributed by atoms with Gasteiger partial charge in [-0.2, -0.15) is 0 Å². The number of aromatic hydroxyl groups is 1. The lowest BCUT2D eigenvalue weighted by Gasteiger charge is -2.50. The SMILES string of the molecule is C[C@H]1c2ccc(C(C)(C)CCCOC(=N)N)c(O)c2C(O)=C2C(=O)[C@]3(O)C(O)=C(C(N)=O)C(=O)C[C@@H]3[C@@H](O)[C@@H]21. The summed E-state index contributed by atoms with van der Waals surface area (Å²) >= 11 is 0. The van der Waals surface area contributed by atoms with Crippen LogP contribution in [0.25, 0.3) is 5.76 Å². The van der Waals surface area contributed by atoms with Crippen molar-refractivity contribution >= 4 is 29.3 Å². The summed E-state index contributed by atoms with van der Waals surface area (Å²) in [6.45, 7) is 5.59. The van der Waals surface area contributed by atoms with Crippen LogP contribution in [0.3, 0.4) is 0 Å². The van der Waals surface area contributed by atoms with Gasteiger partial charge in [-0.15, -0.1) is 0 Å². The monoisotopic (exact) mass is 543 g/mol. The minimum absolute atomic E-state index is 0.0487. The number of benzene rings is 1. The van der Waals surface area contributed by atoms with Crippen molar-refractivity contribution in [2.75, 3.05) is 6.61 Å². The number of amidine groups is 1. The van der Waals surface area contributed by atoms with E-state index in [0.717, 1.165) is 0 Å². The number of Topliss-reactive ketones (excluding diaryl/α,β-unsaturated/α-hetero) is 2. The fourth-order valence-electron chi connectivity index (χ4n) is 6.37. The zero-order chi connectivity index (χ0) is 29.2. The molecule has 0 radical (unpaired) electrons. The lowest BCUT2D eigenvalue weighted by molar-refractivity contribution is -0.160. The molecule has 39 heavy (non-hydrogen) atoms. The maximum absolute atomic E-state index is 13.8. The molecule has 0 unspecified atom stereocenters. The third-order valence-corrected chi connectivity index (χ3v) is 8.43. The number of phenolic OH excluding ortho intramolecular Hbond substituents is 1. The van der Waals surface area contributed by atoms with Gasteiger partial charge in [0.2, 0.25) is 5.78 Å². The molecule has 210 valence electrons. The van der Waals surface area contributed by atoms with Crippen LogP contribution in [0, 0.1) is 17.2 Å². The first kappa shape index (κ1) is 28.1. The third kappa shape index (κ3) is 4.05. The van der Waals surface area contributed by atoms with Gasteiger partial charge in [-0.05, 0) is 29.7 Å². The van der Waals surface area contributed by atoms with Crippen molar-refractivity contribution in [1.29, 1.82) is 5.41 Å². The molecule has 0 saturated heterocycles. The number of phenols is 1. The number of hydrogen-bond donors (Lipinski definition) is 8. The molecule has 12 heteroatoms. The molecule has 5 atom stereocenters. The van der Waals surface area contributed by atoms with E-state index in [-0.39, 0.29) is 17.9 Å². The minimum atomic E-state index is -2.88. The van der Waals surface area contributed by atoms with Crippen LogP contribution in [0.5, 0.6) is 5.75 Å². The average Bonchev–Trinajstić information content (AvgIpc) is 2.84. The van der Waals surface area contributed by atoms with Gasteiger partial charge in [-0.1, -0.05) is 32.9 Å². The summed E-state index contributed by atoms with van der Waals surface area (Å²) in [5, 5.41) is 63.4. The van der Waals surface area contributed by atoms with Crippen molar-refractivity contribution in [3.8, 4) is 5.75 Å². The van der Waals surface area contributed by atoms with Crippen LogP contribution in [0.15, 0.2) is 29.0 Å². The van der Waals surface area contributed by atoms with Crippen LogP contribution in [0.2, 0.25) is 0 Å². The van der Waals surface area contributed by atoms with E-state index in [9.17, 15) is 39.9 Å². The molecule has 1 amide bonds. The quantitative estimate of drug-likeness (QED) is 0.109. The van der Waals surface area contributed by atoms with Crippen LogP contribution >= 0.6 is 0 Å². The second-order valence-electron chi connectivity index (χ2n) is 11.1. The number of carbonyl (C=O) groups is 3. The van der Waals surface area contributed by atoms with Gasteiger partial charge < -0.3 is 41.7 Å². The number of fused-ring (bicyclic) bond motifs is 3. The van der Waals surface area contributed by atoms with Crippen molar-refractivity contribution in [1.82, 2.24) is 0 Å². The highest BCUT2D eigenvalue weighted by Crippen LogP contribution is 2.56. The molecule has 4 rings (SSSR count). The standard InChI is InChI=1S/C27H33N3O9/c1-10-11-5-6-12(26(2,3)7-4-8-39-25(29)30)19(32)16(11)21(34)18-15(10)20(33)13-9-14(31)17(24(28)37)22(35)27(13,38)23(18)36/h5-6,10,13,15,20,32-35,38H,4,7-9H2,1-3H3,(H2,28,37)(H3,29,30)/t10-,13+,15+,20+,27+/m0/s1. The van der Waals surface area contributed by atoms with E-state index in [1.165, 1.54) is 0 Å². The minimum Gasteiger partial charge on any atom is -0.508 e. The smallest absolute Gasteiger partial charge is 0.278 e. The van der Waals surface area contributed by atoms with Crippen LogP contribution in [0.1, 0.15) is 62.6 Å². The fraction of sp³-hybridized carbons (Fsp3) is 0.481. The van der Waals surface area contributed by atoms with E-state index in [4.69, 9.17) is 21.6 Å². The number of ether oxygens (including phenoxy) is 1. The first-order valence-corrected chi connectivity index (χ1v) is 12.6. The molecule has 1 saturated carbocycles. The number of aliphatic hydroxyl groups excluding tert-OH is 3. The van der Waals surface area contributed by atoms with Gasteiger partial charge in [0.25, 0.3) is 11.9 Å². The fourth-order valence-corrected chi connectivity index (χ4v) is 6.37. The van der Waals surface area contributed by atoms with E-state index >= 15 is 0 Å². The highest BCUT2D eigenvalue weighted by Gasteiger charge is 2.65. The van der Waals surface area contributed by atoms with E-state index in [0.29, 0.717) is 24.0 Å². The summed E-state index contributed by atoms with van der Waals surface area (Å²) in [7, 11) is 0. The Morgan fingerprint density at radius 2 is 1.85 bits per heavy atom. The second-order valence-corrected chi connectivity index (χ2v) is 11.1. The molecule has 3 aliphatic carbocycles. The Kier molecular flexibility index (Phi) is 6.76. The van der Waals surface area contributed by atoms with E-state index in [1.807, 2.05) is 13.8 Å². The van der Waals surface area contributed by atoms with Crippen LogP contribution < -0.4 is 11.5 Å². The van der Waals surface area contributed by atoms with E-state index < -0.39 is 87.5 Å². The van der Waals surface area contributed by atoms with Crippen LogP contribution in [-0.2, 0) is 24.5 Å². The number of aliphatic hydroxyl groups is 4. The molecule has 0 bridgehead atoms. The number of carbonyl (C=O) groups excluding carboxylic acids is 3. The highest BCUT2D eigenvalue weighted by atomic mass is 16.5. The molecular weight excluding hydrogens is 510 g/mol. The molecule has 0 spiro atoms. The maximum atomic E-state index is 13.8. The molecule has 1 aromatic rings. The van der Waals surface area contributed by atoms with Crippen LogP contribution in [-0.4, -0.2) is 67.3 Å². The maximum Gasteiger partial charge on any atom is 0.278 e. The van der Waals surface area contributed by atoms with Crippen molar-refractivity contribution in [2.45, 2.75) is 63.1 Å². The van der Waals surface area contributed by atoms with Crippen molar-refractivity contribution in [2.24, 2.45) is 23.3 Å².